The van der Waals surface area contributed by atoms with E-state index >= 15 is 0 Å². The number of hydrogen-bond acceptors (Lipinski definition) is 6. The molecular weight excluding hydrogens is 454 g/mol. The SMILES string of the molecule is CC(C)CCOc1cccc(C2c3c(oc4ccc(Cl)cc4c3=O)C(=O)N2c2ncccn2)c1. The molecule has 2 aromatic heterocycles. The lowest BCUT2D eigenvalue weighted by molar-refractivity contribution is 0.0969. The largest absolute Gasteiger partial charge is 0.494 e. The highest BCUT2D eigenvalue weighted by Crippen LogP contribution is 2.40. The van der Waals surface area contributed by atoms with Crippen molar-refractivity contribution in [2.45, 2.75) is 26.3 Å². The number of nitrogens with zero attached hydrogens (tertiary/aromatic N) is 3. The molecule has 1 atom stereocenters. The molecule has 0 radical (unpaired) electrons. The number of fused-ring (bicyclic) bond motifs is 2. The number of benzene rings is 2. The van der Waals surface area contributed by atoms with E-state index in [1.165, 1.54) is 4.90 Å². The maximum atomic E-state index is 13.6. The number of ether oxygens (including phenoxy) is 1. The molecule has 0 saturated heterocycles. The third-order valence-corrected chi connectivity index (χ3v) is 5.97. The van der Waals surface area contributed by atoms with Crippen molar-refractivity contribution in [3.8, 4) is 5.75 Å². The Morgan fingerprint density at radius 2 is 1.88 bits per heavy atom. The minimum absolute atomic E-state index is 0.0246. The van der Waals surface area contributed by atoms with Gasteiger partial charge in [0.15, 0.2) is 5.43 Å². The van der Waals surface area contributed by atoms with E-state index in [0.29, 0.717) is 39.8 Å². The average molecular weight is 476 g/mol. The molecule has 0 aliphatic carbocycles. The fourth-order valence-corrected chi connectivity index (χ4v) is 4.24. The summed E-state index contributed by atoms with van der Waals surface area (Å²) in [4.78, 5) is 37.1. The second-order valence-corrected chi connectivity index (χ2v) is 8.98. The van der Waals surface area contributed by atoms with Gasteiger partial charge in [-0.25, -0.2) is 9.97 Å². The van der Waals surface area contributed by atoms with Crippen molar-refractivity contribution in [2.24, 2.45) is 5.92 Å². The number of aromatic nitrogens is 2. The summed E-state index contributed by atoms with van der Waals surface area (Å²) in [5.41, 5.74) is 0.894. The van der Waals surface area contributed by atoms with Crippen LogP contribution in [0, 0.1) is 5.92 Å². The Morgan fingerprint density at radius 1 is 1.09 bits per heavy atom. The van der Waals surface area contributed by atoms with E-state index in [0.717, 1.165) is 6.42 Å². The Balaban J connectivity index is 1.68. The summed E-state index contributed by atoms with van der Waals surface area (Å²) in [5.74, 6) is 0.838. The van der Waals surface area contributed by atoms with Gasteiger partial charge >= 0.3 is 0 Å². The van der Waals surface area contributed by atoms with Gasteiger partial charge in [-0.2, -0.15) is 0 Å². The Hall–Kier alpha value is -3.71. The highest BCUT2D eigenvalue weighted by Gasteiger charge is 2.45. The van der Waals surface area contributed by atoms with Crippen LogP contribution in [-0.2, 0) is 0 Å². The quantitative estimate of drug-likeness (QED) is 0.370. The van der Waals surface area contributed by atoms with Crippen molar-refractivity contribution >= 4 is 34.4 Å². The van der Waals surface area contributed by atoms with Crippen molar-refractivity contribution in [1.82, 2.24) is 9.97 Å². The summed E-state index contributed by atoms with van der Waals surface area (Å²) >= 11 is 6.15. The number of carbonyl (C=O) groups excluding carboxylic acids is 1. The first kappa shape index (κ1) is 22.1. The van der Waals surface area contributed by atoms with Crippen molar-refractivity contribution in [3.05, 3.63) is 93.1 Å². The molecule has 1 aliphatic rings. The lowest BCUT2D eigenvalue weighted by atomic mass is 9.98. The van der Waals surface area contributed by atoms with Crippen LogP contribution in [0.25, 0.3) is 11.0 Å². The topological polar surface area (TPSA) is 85.5 Å². The van der Waals surface area contributed by atoms with E-state index in [4.69, 9.17) is 20.8 Å². The number of anilines is 1. The average Bonchev–Trinajstić information content (AvgIpc) is 3.13. The van der Waals surface area contributed by atoms with Crippen LogP contribution in [0.15, 0.2) is 70.1 Å². The van der Waals surface area contributed by atoms with Crippen LogP contribution in [0.3, 0.4) is 0 Å². The molecule has 4 aromatic rings. The molecule has 0 fully saturated rings. The fourth-order valence-electron chi connectivity index (χ4n) is 4.07. The molecule has 7 nitrogen and oxygen atoms in total. The smallest absolute Gasteiger partial charge is 0.297 e. The van der Waals surface area contributed by atoms with E-state index in [9.17, 15) is 9.59 Å². The number of rotatable bonds is 6. The zero-order chi connectivity index (χ0) is 23.8. The molecule has 0 saturated carbocycles. The Bertz CT molecular complexity index is 1440. The maximum absolute atomic E-state index is 13.6. The molecule has 5 rings (SSSR count). The van der Waals surface area contributed by atoms with E-state index in [2.05, 4.69) is 23.8 Å². The van der Waals surface area contributed by atoms with Crippen molar-refractivity contribution < 1.29 is 13.9 Å². The molecule has 1 aliphatic heterocycles. The minimum Gasteiger partial charge on any atom is -0.494 e. The minimum atomic E-state index is -0.779. The van der Waals surface area contributed by atoms with Crippen molar-refractivity contribution in [2.75, 3.05) is 11.5 Å². The van der Waals surface area contributed by atoms with Gasteiger partial charge in [-0.15, -0.1) is 0 Å². The lowest BCUT2D eigenvalue weighted by Crippen LogP contribution is -2.31. The van der Waals surface area contributed by atoms with Gasteiger partial charge in [0.25, 0.3) is 5.91 Å². The molecule has 1 amide bonds. The molecule has 8 heteroatoms. The number of amides is 1. The summed E-state index contributed by atoms with van der Waals surface area (Å²) in [6, 6.07) is 13.0. The summed E-state index contributed by atoms with van der Waals surface area (Å²) < 4.78 is 11.9. The van der Waals surface area contributed by atoms with Crippen molar-refractivity contribution in [1.29, 1.82) is 0 Å². The Morgan fingerprint density at radius 3 is 2.65 bits per heavy atom. The van der Waals surface area contributed by atoms with E-state index < -0.39 is 11.9 Å². The normalized spacial score (nSPS) is 15.2. The third-order valence-electron chi connectivity index (χ3n) is 5.74. The first-order valence-electron chi connectivity index (χ1n) is 11.0. The fraction of sp³-hybridized carbons (Fsp3) is 0.231. The molecule has 1 unspecified atom stereocenters. The Kier molecular flexibility index (Phi) is 5.79. The summed E-state index contributed by atoms with van der Waals surface area (Å²) in [6.45, 7) is 4.83. The standard InChI is InChI=1S/C26H22ClN3O4/c1-15(2)9-12-33-18-6-3-5-16(13-18)22-21-23(31)19-14-17(27)7-8-20(19)34-24(21)25(32)30(22)26-28-10-4-11-29-26/h3-8,10-11,13-15,22H,9,12H2,1-2H3. The van der Waals surface area contributed by atoms with E-state index in [-0.39, 0.29) is 22.7 Å². The van der Waals surface area contributed by atoms with Crippen LogP contribution >= 0.6 is 11.6 Å². The van der Waals surface area contributed by atoms with Crippen LogP contribution in [0.5, 0.6) is 5.75 Å². The van der Waals surface area contributed by atoms with Gasteiger partial charge in [-0.1, -0.05) is 37.6 Å². The molecule has 34 heavy (non-hydrogen) atoms. The molecule has 0 bridgehead atoms. The predicted octanol–water partition coefficient (Wildman–Crippen LogP) is 5.41. The van der Waals surface area contributed by atoms with Gasteiger partial charge in [-0.3, -0.25) is 14.5 Å². The second kappa shape index (κ2) is 8.91. The maximum Gasteiger partial charge on any atom is 0.297 e. The van der Waals surface area contributed by atoms with Crippen LogP contribution in [0.4, 0.5) is 5.95 Å². The molecule has 3 heterocycles. The highest BCUT2D eigenvalue weighted by atomic mass is 35.5. The van der Waals surface area contributed by atoms with Gasteiger partial charge in [0, 0.05) is 17.4 Å². The Labute approximate surface area is 201 Å². The third kappa shape index (κ3) is 3.92. The number of halogens is 1. The van der Waals surface area contributed by atoms with Gasteiger partial charge in [0.1, 0.15) is 11.3 Å². The van der Waals surface area contributed by atoms with Crippen LogP contribution in [-0.4, -0.2) is 22.5 Å². The first-order chi connectivity index (χ1) is 16.4. The summed E-state index contributed by atoms with van der Waals surface area (Å²) in [6.07, 6.45) is 4.01. The van der Waals surface area contributed by atoms with Crippen LogP contribution < -0.4 is 15.1 Å². The number of hydrogen-bond donors (Lipinski definition) is 0. The molecule has 2 aromatic carbocycles. The predicted molar refractivity (Wildman–Crippen MR) is 130 cm³/mol. The lowest BCUT2D eigenvalue weighted by Gasteiger charge is -2.23. The zero-order valence-electron chi connectivity index (χ0n) is 18.7. The van der Waals surface area contributed by atoms with Crippen LogP contribution in [0.1, 0.15) is 48.0 Å². The molecule has 172 valence electrons. The van der Waals surface area contributed by atoms with E-state index in [1.54, 1.807) is 36.7 Å². The highest BCUT2D eigenvalue weighted by molar-refractivity contribution is 6.31. The number of carbonyl (C=O) groups is 1. The van der Waals surface area contributed by atoms with Gasteiger partial charge in [0.05, 0.1) is 23.6 Å². The van der Waals surface area contributed by atoms with Crippen LogP contribution in [0.2, 0.25) is 5.02 Å². The zero-order valence-corrected chi connectivity index (χ0v) is 19.5. The van der Waals surface area contributed by atoms with Gasteiger partial charge in [-0.05, 0) is 54.3 Å². The molecule has 0 N–H and O–H groups in total. The second-order valence-electron chi connectivity index (χ2n) is 8.54. The van der Waals surface area contributed by atoms with E-state index in [1.807, 2.05) is 24.3 Å². The summed E-state index contributed by atoms with van der Waals surface area (Å²) in [7, 11) is 0. The van der Waals surface area contributed by atoms with Gasteiger partial charge in [0.2, 0.25) is 11.7 Å². The summed E-state index contributed by atoms with van der Waals surface area (Å²) in [5, 5.41) is 0.716. The van der Waals surface area contributed by atoms with Crippen molar-refractivity contribution in [3.63, 3.8) is 0 Å². The molecule has 0 spiro atoms. The van der Waals surface area contributed by atoms with Gasteiger partial charge < -0.3 is 9.15 Å². The first-order valence-corrected chi connectivity index (χ1v) is 11.4. The monoisotopic (exact) mass is 475 g/mol. The molecular formula is C26H22ClN3O4.